The average Bonchev–Trinajstić information content (AvgIpc) is 3.84. The van der Waals surface area contributed by atoms with Gasteiger partial charge in [-0.1, -0.05) is 23.8 Å². The first-order valence-electron chi connectivity index (χ1n) is 19.4. The Bertz CT molecular complexity index is 2150. The molecule has 1 saturated heterocycles. The fourth-order valence-corrected chi connectivity index (χ4v) is 7.33. The molecule has 1 amide bonds. The van der Waals surface area contributed by atoms with Crippen molar-refractivity contribution < 1.29 is 23.8 Å². The number of halogens is 1. The smallest absolute Gasteiger partial charge is 0.419 e. The van der Waals surface area contributed by atoms with E-state index in [-0.39, 0.29) is 12.8 Å². The van der Waals surface area contributed by atoms with Crippen LogP contribution in [-0.2, 0) is 27.3 Å². The van der Waals surface area contributed by atoms with Crippen LogP contribution in [0.5, 0.6) is 0 Å². The van der Waals surface area contributed by atoms with Crippen molar-refractivity contribution in [1.82, 2.24) is 34.2 Å². The lowest BCUT2D eigenvalue weighted by atomic mass is 9.85. The van der Waals surface area contributed by atoms with Crippen LogP contribution >= 0.6 is 11.6 Å². The summed E-state index contributed by atoms with van der Waals surface area (Å²) in [6.07, 6.45) is 9.15. The van der Waals surface area contributed by atoms with Gasteiger partial charge in [0, 0.05) is 53.3 Å². The lowest BCUT2D eigenvalue weighted by molar-refractivity contribution is -0.0366. The predicted octanol–water partition coefficient (Wildman–Crippen LogP) is 8.97. The number of aromatic nitrogens is 6. The number of ether oxygens (including phenoxy) is 3. The summed E-state index contributed by atoms with van der Waals surface area (Å²) in [6, 6.07) is 12.1. The molecular weight excluding hydrogens is 720 g/mol. The van der Waals surface area contributed by atoms with Crippen LogP contribution < -0.4 is 5.32 Å². The quantitative estimate of drug-likeness (QED) is 0.131. The molecule has 0 radical (unpaired) electrons. The topological polar surface area (TPSA) is 131 Å². The van der Waals surface area contributed by atoms with Gasteiger partial charge < -0.3 is 24.4 Å². The highest BCUT2D eigenvalue weighted by Crippen LogP contribution is 2.35. The van der Waals surface area contributed by atoms with Gasteiger partial charge in [0.05, 0.1) is 36.5 Å². The summed E-state index contributed by atoms with van der Waals surface area (Å²) in [7, 11) is 0. The Kier molecular flexibility index (Phi) is 11.1. The fourth-order valence-electron chi connectivity index (χ4n) is 7.24. The molecule has 13 nitrogen and oxygen atoms in total. The minimum Gasteiger partial charge on any atom is -0.444 e. The number of nitrogens with zero attached hydrogens (tertiary/aromatic N) is 7. The first-order valence-corrected chi connectivity index (χ1v) is 20.0. The number of benzene rings is 2. The lowest BCUT2D eigenvalue weighted by Gasteiger charge is -2.33. The van der Waals surface area contributed by atoms with E-state index in [4.69, 9.17) is 30.9 Å². The molecule has 0 spiro atoms. The highest BCUT2D eigenvalue weighted by molar-refractivity contribution is 6.18. The Balaban J connectivity index is 1.20. The molecule has 1 saturated carbocycles. The molecule has 2 aliphatic rings. The minimum absolute atomic E-state index is 0.115. The van der Waals surface area contributed by atoms with Crippen LogP contribution in [0.2, 0.25) is 0 Å². The van der Waals surface area contributed by atoms with Crippen molar-refractivity contribution in [1.29, 1.82) is 0 Å². The van der Waals surface area contributed by atoms with Gasteiger partial charge in [-0.05, 0) is 109 Å². The molecule has 2 aromatic carbocycles. The predicted molar refractivity (Wildman–Crippen MR) is 213 cm³/mol. The van der Waals surface area contributed by atoms with Crippen LogP contribution in [0.4, 0.5) is 15.3 Å². The zero-order valence-corrected chi connectivity index (χ0v) is 33.6. The number of hydrogen-bond donors (Lipinski definition) is 1. The van der Waals surface area contributed by atoms with E-state index < -0.39 is 23.4 Å². The highest BCUT2D eigenvalue weighted by Gasteiger charge is 2.30. The number of carbonyl (C=O) groups is 2. The number of carbonyl (C=O) groups excluding carboxylic acids is 2. The second-order valence-electron chi connectivity index (χ2n) is 16.8. The molecule has 294 valence electrons. The molecule has 1 N–H and O–H groups in total. The largest absolute Gasteiger partial charge is 0.444 e. The Morgan fingerprint density at radius 3 is 2.47 bits per heavy atom. The van der Waals surface area contributed by atoms with E-state index in [1.807, 2.05) is 82.9 Å². The number of nitrogens with one attached hydrogen (secondary N) is 1. The van der Waals surface area contributed by atoms with Crippen LogP contribution in [0.1, 0.15) is 97.6 Å². The second kappa shape index (κ2) is 15.9. The Morgan fingerprint density at radius 1 is 0.982 bits per heavy atom. The molecule has 1 unspecified atom stereocenters. The number of rotatable bonds is 11. The van der Waals surface area contributed by atoms with E-state index >= 15 is 0 Å². The van der Waals surface area contributed by atoms with Crippen LogP contribution in [-0.4, -0.2) is 83.2 Å². The monoisotopic (exact) mass is 772 g/mol. The van der Waals surface area contributed by atoms with Crippen LogP contribution in [0.15, 0.2) is 48.8 Å². The third-order valence-corrected chi connectivity index (χ3v) is 10.1. The fraction of sp³-hybridized carbons (Fsp3) is 0.537. The number of anilines is 1. The minimum atomic E-state index is -0.724. The molecule has 1 aliphatic heterocycles. The molecule has 3 aromatic heterocycles. The van der Waals surface area contributed by atoms with Gasteiger partial charge >= 0.3 is 12.2 Å². The van der Waals surface area contributed by atoms with Gasteiger partial charge in [-0.3, -0.25) is 0 Å². The summed E-state index contributed by atoms with van der Waals surface area (Å²) in [5.74, 6) is 0.883. The van der Waals surface area contributed by atoms with Crippen molar-refractivity contribution in [3.8, 4) is 11.3 Å². The van der Waals surface area contributed by atoms with Gasteiger partial charge in [0.1, 0.15) is 16.9 Å². The van der Waals surface area contributed by atoms with Crippen molar-refractivity contribution in [3.63, 3.8) is 0 Å². The van der Waals surface area contributed by atoms with Crippen LogP contribution in [0.3, 0.4) is 0 Å². The second-order valence-corrected chi connectivity index (χ2v) is 17.2. The summed E-state index contributed by atoms with van der Waals surface area (Å²) < 4.78 is 23.2. The Hall–Kier alpha value is -4.62. The number of fused-ring (bicyclic) bond motifs is 2. The summed E-state index contributed by atoms with van der Waals surface area (Å²) in [4.78, 5) is 29.1. The van der Waals surface area contributed by atoms with E-state index in [2.05, 4.69) is 27.8 Å². The first kappa shape index (κ1) is 38.6. The third kappa shape index (κ3) is 9.10. The van der Waals surface area contributed by atoms with Gasteiger partial charge in [0.25, 0.3) is 0 Å². The standard InChI is InChI=1S/C41H53ClN8O5/c1-40(2,3)54-38(51)47(23-27-10-9-11-27)25-31-19-29-14-13-28(18-35(29)49(31)39(52)55-41(4,5)6)24-48-26-34(45-46-48)32-20-30(43-16-15-42)21-36-33(32)22-44-50(36)37-12-7-8-17-53-37/h13-14,18-22,26-27,37,43H,7-12,15-17,23-25H2,1-6H3. The zero-order valence-electron chi connectivity index (χ0n) is 32.8. The molecule has 55 heavy (non-hydrogen) atoms. The maximum absolute atomic E-state index is 13.9. The SMILES string of the molecule is CC(C)(C)OC(=O)N(Cc1cc2ccc(Cn3cc(-c4cc(NCCCl)cc5c4cnn5C4CCCCO4)nn3)cc2n1C(=O)OC(C)(C)C)CC1CCC1. The molecular formula is C41H53ClN8O5. The lowest BCUT2D eigenvalue weighted by Crippen LogP contribution is -2.41. The summed E-state index contributed by atoms with van der Waals surface area (Å²) in [5, 5.41) is 19.1. The van der Waals surface area contributed by atoms with Crippen LogP contribution in [0.25, 0.3) is 33.1 Å². The van der Waals surface area contributed by atoms with Gasteiger partial charge in [0.2, 0.25) is 0 Å². The molecule has 0 bridgehead atoms. The Labute approximate surface area is 327 Å². The molecule has 4 heterocycles. The van der Waals surface area contributed by atoms with Crippen molar-refractivity contribution >= 4 is 51.3 Å². The molecule has 1 aliphatic carbocycles. The average molecular weight is 773 g/mol. The number of alkyl halides is 1. The zero-order chi connectivity index (χ0) is 38.9. The van der Waals surface area contributed by atoms with Crippen molar-refractivity contribution in [2.75, 3.05) is 30.9 Å². The first-order chi connectivity index (χ1) is 26.2. The van der Waals surface area contributed by atoms with Crippen LogP contribution in [0, 0.1) is 5.92 Å². The van der Waals surface area contributed by atoms with Gasteiger partial charge in [-0.2, -0.15) is 5.10 Å². The van der Waals surface area contributed by atoms with E-state index in [1.165, 1.54) is 0 Å². The van der Waals surface area contributed by atoms with E-state index in [0.29, 0.717) is 48.3 Å². The maximum Gasteiger partial charge on any atom is 0.419 e. The van der Waals surface area contributed by atoms with Gasteiger partial charge in [-0.25, -0.2) is 23.5 Å². The van der Waals surface area contributed by atoms with E-state index in [9.17, 15) is 9.59 Å². The molecule has 5 aromatic rings. The van der Waals surface area contributed by atoms with E-state index in [1.54, 1.807) is 14.1 Å². The third-order valence-electron chi connectivity index (χ3n) is 9.96. The molecule has 2 fully saturated rings. The van der Waals surface area contributed by atoms with Crippen molar-refractivity contribution in [2.24, 2.45) is 5.92 Å². The summed E-state index contributed by atoms with van der Waals surface area (Å²) >= 11 is 6.04. The molecule has 7 rings (SSSR count). The maximum atomic E-state index is 13.9. The molecule has 1 atom stereocenters. The number of amides is 1. The van der Waals surface area contributed by atoms with Gasteiger partial charge in [-0.15, -0.1) is 16.7 Å². The normalized spacial score (nSPS) is 16.7. The van der Waals surface area contributed by atoms with Crippen molar-refractivity contribution in [3.05, 3.63) is 60.0 Å². The van der Waals surface area contributed by atoms with Crippen molar-refractivity contribution in [2.45, 2.75) is 111 Å². The van der Waals surface area contributed by atoms with Gasteiger partial charge in [0.15, 0.2) is 6.23 Å². The molecule has 14 heteroatoms. The highest BCUT2D eigenvalue weighted by atomic mass is 35.5. The summed E-state index contributed by atoms with van der Waals surface area (Å²) in [5.41, 5.74) is 4.37. The summed E-state index contributed by atoms with van der Waals surface area (Å²) in [6.45, 7) is 13.6. The Morgan fingerprint density at radius 2 is 1.78 bits per heavy atom. The number of hydrogen-bond acceptors (Lipinski definition) is 9. The van der Waals surface area contributed by atoms with E-state index in [0.717, 1.165) is 78.2 Å².